The highest BCUT2D eigenvalue weighted by atomic mass is 32.1. The summed E-state index contributed by atoms with van der Waals surface area (Å²) in [6.45, 7) is 6.23. The summed E-state index contributed by atoms with van der Waals surface area (Å²) >= 11 is 1.79. The maximum atomic E-state index is 5.82. The van der Waals surface area contributed by atoms with Crippen LogP contribution in [0.1, 0.15) is 43.2 Å². The molecule has 0 fully saturated rings. The number of benzene rings is 1. The predicted molar refractivity (Wildman–Crippen MR) is 91.3 cm³/mol. The van der Waals surface area contributed by atoms with E-state index in [1.807, 2.05) is 0 Å². The third-order valence-corrected chi connectivity index (χ3v) is 4.46. The van der Waals surface area contributed by atoms with Crippen LogP contribution in [-0.4, -0.2) is 13.2 Å². The Kier molecular flexibility index (Phi) is 6.77. The molecule has 0 aliphatic heterocycles. The zero-order valence-electron chi connectivity index (χ0n) is 13.0. The Balaban J connectivity index is 1.83. The number of rotatable bonds is 9. The van der Waals surface area contributed by atoms with E-state index in [4.69, 9.17) is 4.74 Å². The van der Waals surface area contributed by atoms with Crippen LogP contribution in [0.2, 0.25) is 0 Å². The van der Waals surface area contributed by atoms with E-state index >= 15 is 0 Å². The molecule has 1 unspecified atom stereocenters. The van der Waals surface area contributed by atoms with Crippen molar-refractivity contribution in [3.05, 3.63) is 52.2 Å². The first kappa shape index (κ1) is 16.1. The molecule has 1 N–H and O–H groups in total. The van der Waals surface area contributed by atoms with Gasteiger partial charge in [-0.05, 0) is 48.5 Å². The van der Waals surface area contributed by atoms with Crippen molar-refractivity contribution in [1.82, 2.24) is 5.32 Å². The summed E-state index contributed by atoms with van der Waals surface area (Å²) in [5, 5.41) is 5.69. The predicted octanol–water partition coefficient (Wildman–Crippen LogP) is 4.82. The molecule has 0 radical (unpaired) electrons. The molecule has 0 bridgehead atoms. The van der Waals surface area contributed by atoms with E-state index < -0.39 is 0 Å². The minimum absolute atomic E-state index is 0.449. The molecule has 2 nitrogen and oxygen atoms in total. The van der Waals surface area contributed by atoms with Crippen LogP contribution in [-0.2, 0) is 6.42 Å². The van der Waals surface area contributed by atoms with Crippen molar-refractivity contribution in [3.63, 3.8) is 0 Å². The first-order chi connectivity index (χ1) is 10.3. The van der Waals surface area contributed by atoms with Crippen molar-refractivity contribution in [2.24, 2.45) is 0 Å². The lowest BCUT2D eigenvalue weighted by Gasteiger charge is -2.17. The maximum Gasteiger partial charge on any atom is 0.119 e. The molecular formula is C18H25NOS. The van der Waals surface area contributed by atoms with E-state index in [2.05, 4.69) is 60.9 Å². The van der Waals surface area contributed by atoms with Crippen LogP contribution in [0.15, 0.2) is 41.8 Å². The summed E-state index contributed by atoms with van der Waals surface area (Å²) in [5.74, 6) is 0.959. The minimum atomic E-state index is 0.449. The SMILES string of the molecule is CCCNC(CC)c1ccc(OCCc2cccs2)cc1. The lowest BCUT2D eigenvalue weighted by molar-refractivity contribution is 0.322. The lowest BCUT2D eigenvalue weighted by atomic mass is 10.0. The Morgan fingerprint density at radius 1 is 1.14 bits per heavy atom. The number of nitrogens with one attached hydrogen (secondary N) is 1. The van der Waals surface area contributed by atoms with E-state index in [1.165, 1.54) is 16.9 Å². The molecule has 3 heteroatoms. The molecule has 114 valence electrons. The zero-order chi connectivity index (χ0) is 14.9. The third kappa shape index (κ3) is 5.18. The standard InChI is InChI=1S/C18H25NOS/c1-3-12-19-18(4-2)15-7-9-16(10-8-15)20-13-11-17-6-5-14-21-17/h5-10,14,18-19H,3-4,11-13H2,1-2H3. The van der Waals surface area contributed by atoms with Gasteiger partial charge in [0.1, 0.15) is 5.75 Å². The molecule has 2 rings (SSSR count). The van der Waals surface area contributed by atoms with E-state index in [0.29, 0.717) is 6.04 Å². The second-order valence-electron chi connectivity index (χ2n) is 5.16. The quantitative estimate of drug-likeness (QED) is 0.717. The van der Waals surface area contributed by atoms with Gasteiger partial charge in [-0.2, -0.15) is 0 Å². The van der Waals surface area contributed by atoms with Crippen LogP contribution in [0.5, 0.6) is 5.75 Å². The number of ether oxygens (including phenoxy) is 1. The van der Waals surface area contributed by atoms with Gasteiger partial charge < -0.3 is 10.1 Å². The lowest BCUT2D eigenvalue weighted by Crippen LogP contribution is -2.21. The van der Waals surface area contributed by atoms with Gasteiger partial charge in [0.25, 0.3) is 0 Å². The van der Waals surface area contributed by atoms with Gasteiger partial charge in [0.2, 0.25) is 0 Å². The van der Waals surface area contributed by atoms with Gasteiger partial charge in [0.05, 0.1) is 6.61 Å². The Morgan fingerprint density at radius 2 is 1.95 bits per heavy atom. The molecule has 1 atom stereocenters. The maximum absolute atomic E-state index is 5.82. The van der Waals surface area contributed by atoms with Crippen molar-refractivity contribution in [2.75, 3.05) is 13.2 Å². The fraction of sp³-hybridized carbons (Fsp3) is 0.444. The van der Waals surface area contributed by atoms with Crippen LogP contribution in [0.3, 0.4) is 0 Å². The Bertz CT molecular complexity index is 492. The largest absolute Gasteiger partial charge is 0.493 e. The van der Waals surface area contributed by atoms with Gasteiger partial charge in [-0.15, -0.1) is 11.3 Å². The molecule has 0 amide bonds. The molecule has 21 heavy (non-hydrogen) atoms. The Hall–Kier alpha value is -1.32. The van der Waals surface area contributed by atoms with Crippen LogP contribution in [0.4, 0.5) is 0 Å². The summed E-state index contributed by atoms with van der Waals surface area (Å²) in [7, 11) is 0. The molecule has 2 aromatic rings. The summed E-state index contributed by atoms with van der Waals surface area (Å²) in [6.07, 6.45) is 3.26. The van der Waals surface area contributed by atoms with Crippen LogP contribution in [0.25, 0.3) is 0 Å². The van der Waals surface area contributed by atoms with E-state index in [-0.39, 0.29) is 0 Å². The smallest absolute Gasteiger partial charge is 0.119 e. The number of thiophene rings is 1. The van der Waals surface area contributed by atoms with Gasteiger partial charge in [0, 0.05) is 17.3 Å². The first-order valence-electron chi connectivity index (χ1n) is 7.82. The number of hydrogen-bond acceptors (Lipinski definition) is 3. The van der Waals surface area contributed by atoms with Crippen molar-refractivity contribution < 1.29 is 4.74 Å². The second-order valence-corrected chi connectivity index (χ2v) is 6.19. The molecule has 0 saturated heterocycles. The van der Waals surface area contributed by atoms with Gasteiger partial charge in [-0.3, -0.25) is 0 Å². The third-order valence-electron chi connectivity index (χ3n) is 3.53. The molecule has 0 spiro atoms. The van der Waals surface area contributed by atoms with E-state index in [1.54, 1.807) is 11.3 Å². The van der Waals surface area contributed by atoms with Crippen LogP contribution in [0, 0.1) is 0 Å². The molecule has 1 aromatic heterocycles. The van der Waals surface area contributed by atoms with Gasteiger partial charge in [-0.25, -0.2) is 0 Å². The molecule has 0 saturated carbocycles. The minimum Gasteiger partial charge on any atom is -0.493 e. The fourth-order valence-corrected chi connectivity index (χ4v) is 3.03. The average Bonchev–Trinajstić information content (AvgIpc) is 3.03. The van der Waals surface area contributed by atoms with Crippen molar-refractivity contribution >= 4 is 11.3 Å². The Labute approximate surface area is 132 Å². The normalized spacial score (nSPS) is 12.3. The molecule has 0 aliphatic rings. The summed E-state index contributed by atoms with van der Waals surface area (Å²) in [6, 6.07) is 13.2. The van der Waals surface area contributed by atoms with Gasteiger partial charge >= 0.3 is 0 Å². The summed E-state index contributed by atoms with van der Waals surface area (Å²) in [5.41, 5.74) is 1.34. The molecule has 1 heterocycles. The average molecular weight is 303 g/mol. The van der Waals surface area contributed by atoms with E-state index in [0.717, 1.165) is 31.7 Å². The summed E-state index contributed by atoms with van der Waals surface area (Å²) in [4.78, 5) is 1.38. The van der Waals surface area contributed by atoms with Crippen molar-refractivity contribution in [2.45, 2.75) is 39.2 Å². The zero-order valence-corrected chi connectivity index (χ0v) is 13.8. The summed E-state index contributed by atoms with van der Waals surface area (Å²) < 4.78 is 5.82. The number of hydrogen-bond donors (Lipinski definition) is 1. The highest BCUT2D eigenvalue weighted by Gasteiger charge is 2.07. The monoisotopic (exact) mass is 303 g/mol. The highest BCUT2D eigenvalue weighted by molar-refractivity contribution is 7.09. The molecule has 1 aromatic carbocycles. The molecular weight excluding hydrogens is 278 g/mol. The van der Waals surface area contributed by atoms with Crippen molar-refractivity contribution in [3.8, 4) is 5.75 Å². The molecule has 0 aliphatic carbocycles. The van der Waals surface area contributed by atoms with Crippen molar-refractivity contribution in [1.29, 1.82) is 0 Å². The topological polar surface area (TPSA) is 21.3 Å². The van der Waals surface area contributed by atoms with E-state index in [9.17, 15) is 0 Å². The van der Waals surface area contributed by atoms with Crippen LogP contribution >= 0.6 is 11.3 Å². The van der Waals surface area contributed by atoms with Gasteiger partial charge in [0.15, 0.2) is 0 Å². The first-order valence-corrected chi connectivity index (χ1v) is 8.70. The van der Waals surface area contributed by atoms with Crippen LogP contribution < -0.4 is 10.1 Å². The Morgan fingerprint density at radius 3 is 2.57 bits per heavy atom. The van der Waals surface area contributed by atoms with Gasteiger partial charge in [-0.1, -0.05) is 32.0 Å². The fourth-order valence-electron chi connectivity index (χ4n) is 2.34. The second kappa shape index (κ2) is 8.85. The highest BCUT2D eigenvalue weighted by Crippen LogP contribution is 2.20.